The maximum Gasteiger partial charge on any atom is 0.238 e. The lowest BCUT2D eigenvalue weighted by atomic mass is 10.2. The zero-order valence-electron chi connectivity index (χ0n) is 15.8. The SMILES string of the molecule is CCCN(CCC(=O)Nc1ccccc1Cl)CC(=O)Nc1ccccc1C. The van der Waals surface area contributed by atoms with Gasteiger partial charge in [0.15, 0.2) is 0 Å². The van der Waals surface area contributed by atoms with Gasteiger partial charge in [-0.15, -0.1) is 0 Å². The van der Waals surface area contributed by atoms with Gasteiger partial charge in [-0.1, -0.05) is 48.9 Å². The molecular weight excluding hydrogens is 362 g/mol. The van der Waals surface area contributed by atoms with Crippen molar-refractivity contribution in [3.63, 3.8) is 0 Å². The third-order valence-corrected chi connectivity index (χ3v) is 4.46. The Labute approximate surface area is 165 Å². The van der Waals surface area contributed by atoms with E-state index in [1.54, 1.807) is 12.1 Å². The quantitative estimate of drug-likeness (QED) is 0.673. The molecule has 0 atom stereocenters. The largest absolute Gasteiger partial charge is 0.325 e. The van der Waals surface area contributed by atoms with Gasteiger partial charge >= 0.3 is 0 Å². The highest BCUT2D eigenvalue weighted by Crippen LogP contribution is 2.20. The second kappa shape index (κ2) is 10.7. The average Bonchev–Trinajstić information content (AvgIpc) is 2.64. The van der Waals surface area contributed by atoms with Crippen molar-refractivity contribution in [1.29, 1.82) is 0 Å². The molecule has 2 rings (SSSR count). The molecule has 144 valence electrons. The highest BCUT2D eigenvalue weighted by atomic mass is 35.5. The minimum absolute atomic E-state index is 0.0794. The maximum absolute atomic E-state index is 12.4. The van der Waals surface area contributed by atoms with E-state index in [0.717, 1.165) is 24.2 Å². The van der Waals surface area contributed by atoms with E-state index in [1.165, 1.54) is 0 Å². The normalized spacial score (nSPS) is 10.7. The fourth-order valence-corrected chi connectivity index (χ4v) is 2.91. The van der Waals surface area contributed by atoms with Gasteiger partial charge in [0, 0.05) is 18.7 Å². The van der Waals surface area contributed by atoms with Crippen molar-refractivity contribution >= 4 is 34.8 Å². The van der Waals surface area contributed by atoms with Crippen LogP contribution in [0.2, 0.25) is 5.02 Å². The second-order valence-corrected chi connectivity index (χ2v) is 6.82. The van der Waals surface area contributed by atoms with E-state index in [2.05, 4.69) is 17.6 Å². The number of carbonyl (C=O) groups is 2. The molecule has 0 radical (unpaired) electrons. The fourth-order valence-electron chi connectivity index (χ4n) is 2.73. The van der Waals surface area contributed by atoms with E-state index in [1.807, 2.05) is 48.2 Å². The Kier molecular flexibility index (Phi) is 8.30. The van der Waals surface area contributed by atoms with Gasteiger partial charge in [0.25, 0.3) is 0 Å². The number of rotatable bonds is 9. The van der Waals surface area contributed by atoms with Crippen LogP contribution in [-0.4, -0.2) is 36.3 Å². The minimum Gasteiger partial charge on any atom is -0.325 e. The van der Waals surface area contributed by atoms with Crippen LogP contribution in [0.15, 0.2) is 48.5 Å². The Morgan fingerprint density at radius 1 is 0.926 bits per heavy atom. The van der Waals surface area contributed by atoms with Crippen molar-refractivity contribution in [1.82, 2.24) is 4.90 Å². The third-order valence-electron chi connectivity index (χ3n) is 4.13. The van der Waals surface area contributed by atoms with Crippen LogP contribution in [0.3, 0.4) is 0 Å². The van der Waals surface area contributed by atoms with Gasteiger partial charge in [-0.25, -0.2) is 0 Å². The Morgan fingerprint density at radius 3 is 2.22 bits per heavy atom. The van der Waals surface area contributed by atoms with Crippen molar-refractivity contribution in [3.8, 4) is 0 Å². The number of benzene rings is 2. The van der Waals surface area contributed by atoms with Crippen molar-refractivity contribution < 1.29 is 9.59 Å². The first-order valence-electron chi connectivity index (χ1n) is 9.11. The average molecular weight is 388 g/mol. The van der Waals surface area contributed by atoms with Gasteiger partial charge in [0.2, 0.25) is 11.8 Å². The number of para-hydroxylation sites is 2. The summed E-state index contributed by atoms with van der Waals surface area (Å²) in [4.78, 5) is 26.5. The molecule has 0 heterocycles. The molecule has 0 bridgehead atoms. The first-order valence-corrected chi connectivity index (χ1v) is 9.49. The summed E-state index contributed by atoms with van der Waals surface area (Å²) in [6, 6.07) is 14.8. The molecule has 0 saturated carbocycles. The van der Waals surface area contributed by atoms with E-state index >= 15 is 0 Å². The summed E-state index contributed by atoms with van der Waals surface area (Å²) in [6.07, 6.45) is 1.20. The van der Waals surface area contributed by atoms with Crippen molar-refractivity contribution in [3.05, 3.63) is 59.1 Å². The van der Waals surface area contributed by atoms with Crippen LogP contribution in [0, 0.1) is 6.92 Å². The highest BCUT2D eigenvalue weighted by molar-refractivity contribution is 6.33. The molecule has 2 amide bonds. The summed E-state index contributed by atoms with van der Waals surface area (Å²) in [5.74, 6) is -0.201. The maximum atomic E-state index is 12.4. The van der Waals surface area contributed by atoms with Gasteiger partial charge in [0.05, 0.1) is 17.3 Å². The number of anilines is 2. The van der Waals surface area contributed by atoms with Crippen LogP contribution in [0.4, 0.5) is 11.4 Å². The second-order valence-electron chi connectivity index (χ2n) is 6.42. The Bertz CT molecular complexity index is 780. The summed E-state index contributed by atoms with van der Waals surface area (Å²) >= 11 is 6.06. The van der Waals surface area contributed by atoms with E-state index in [-0.39, 0.29) is 18.4 Å². The molecular formula is C21H26ClN3O2. The van der Waals surface area contributed by atoms with Gasteiger partial charge in [-0.3, -0.25) is 14.5 Å². The standard InChI is InChI=1S/C21H26ClN3O2/c1-3-13-25(15-21(27)23-18-10-6-4-8-16(18)2)14-12-20(26)24-19-11-7-5-9-17(19)22/h4-11H,3,12-15H2,1-2H3,(H,23,27)(H,24,26). The number of carbonyl (C=O) groups excluding carboxylic acids is 2. The number of halogens is 1. The number of hydrogen-bond acceptors (Lipinski definition) is 3. The van der Waals surface area contributed by atoms with E-state index in [4.69, 9.17) is 11.6 Å². The van der Waals surface area contributed by atoms with E-state index in [9.17, 15) is 9.59 Å². The minimum atomic E-state index is -0.122. The molecule has 0 aliphatic carbocycles. The summed E-state index contributed by atoms with van der Waals surface area (Å²) in [5, 5.41) is 6.25. The van der Waals surface area contributed by atoms with Crippen LogP contribution in [0.25, 0.3) is 0 Å². The zero-order valence-corrected chi connectivity index (χ0v) is 16.6. The zero-order chi connectivity index (χ0) is 19.6. The molecule has 27 heavy (non-hydrogen) atoms. The molecule has 0 aliphatic heterocycles. The van der Waals surface area contributed by atoms with Crippen LogP contribution in [0.5, 0.6) is 0 Å². The predicted octanol–water partition coefficient (Wildman–Crippen LogP) is 4.33. The topological polar surface area (TPSA) is 61.4 Å². The lowest BCUT2D eigenvalue weighted by Gasteiger charge is -2.21. The molecule has 0 saturated heterocycles. The summed E-state index contributed by atoms with van der Waals surface area (Å²) in [6.45, 7) is 5.52. The first-order chi connectivity index (χ1) is 13.0. The molecule has 0 fully saturated rings. The molecule has 2 N–H and O–H groups in total. The molecule has 2 aromatic rings. The lowest BCUT2D eigenvalue weighted by Crippen LogP contribution is -2.36. The molecule has 5 nitrogen and oxygen atoms in total. The van der Waals surface area contributed by atoms with Crippen molar-refractivity contribution in [2.75, 3.05) is 30.3 Å². The van der Waals surface area contributed by atoms with E-state index in [0.29, 0.717) is 23.7 Å². The van der Waals surface area contributed by atoms with Gasteiger partial charge < -0.3 is 10.6 Å². The van der Waals surface area contributed by atoms with Gasteiger partial charge in [0.1, 0.15) is 0 Å². The number of hydrogen-bond donors (Lipinski definition) is 2. The van der Waals surface area contributed by atoms with Gasteiger partial charge in [-0.2, -0.15) is 0 Å². The molecule has 0 unspecified atom stereocenters. The highest BCUT2D eigenvalue weighted by Gasteiger charge is 2.13. The number of nitrogens with zero attached hydrogens (tertiary/aromatic N) is 1. The Morgan fingerprint density at radius 2 is 1.56 bits per heavy atom. The Balaban J connectivity index is 1.85. The van der Waals surface area contributed by atoms with E-state index < -0.39 is 0 Å². The number of amides is 2. The van der Waals surface area contributed by atoms with Crippen LogP contribution in [-0.2, 0) is 9.59 Å². The van der Waals surface area contributed by atoms with Crippen molar-refractivity contribution in [2.24, 2.45) is 0 Å². The third kappa shape index (κ3) is 7.04. The number of nitrogens with one attached hydrogen (secondary N) is 2. The fraction of sp³-hybridized carbons (Fsp3) is 0.333. The van der Waals surface area contributed by atoms with Crippen LogP contribution < -0.4 is 10.6 Å². The smallest absolute Gasteiger partial charge is 0.238 e. The molecule has 0 aliphatic rings. The summed E-state index contributed by atoms with van der Waals surface area (Å²) in [7, 11) is 0. The number of aryl methyl sites for hydroxylation is 1. The van der Waals surface area contributed by atoms with Gasteiger partial charge in [-0.05, 0) is 43.7 Å². The molecule has 0 aromatic heterocycles. The van der Waals surface area contributed by atoms with Crippen molar-refractivity contribution in [2.45, 2.75) is 26.7 Å². The molecule has 0 spiro atoms. The van der Waals surface area contributed by atoms with Crippen LogP contribution in [0.1, 0.15) is 25.3 Å². The van der Waals surface area contributed by atoms with Crippen LogP contribution >= 0.6 is 11.6 Å². The summed E-state index contributed by atoms with van der Waals surface area (Å²) < 4.78 is 0. The summed E-state index contributed by atoms with van der Waals surface area (Å²) in [5.41, 5.74) is 2.44. The monoisotopic (exact) mass is 387 g/mol. The first kappa shape index (κ1) is 20.9. The molecule has 6 heteroatoms. The Hall–Kier alpha value is -2.37. The predicted molar refractivity (Wildman–Crippen MR) is 111 cm³/mol. The molecule has 2 aromatic carbocycles. The lowest BCUT2D eigenvalue weighted by molar-refractivity contribution is -0.119.